The maximum absolute atomic E-state index is 12.5. The highest BCUT2D eigenvalue weighted by Gasteiger charge is 2.15. The SMILES string of the molecule is COc1cc(N=NS(=O)(=O)c2ccc(C)cc2)c(OC)cc1N=Nc1ccc([N+](=O)[O-])cc1. The van der Waals surface area contributed by atoms with Crippen LogP contribution in [0.15, 0.2) is 85.4 Å². The lowest BCUT2D eigenvalue weighted by Gasteiger charge is -2.09. The number of nitrogens with zero attached hydrogens (tertiary/aromatic N) is 5. The van der Waals surface area contributed by atoms with Gasteiger partial charge in [0.1, 0.15) is 22.9 Å². The fourth-order valence-corrected chi connectivity index (χ4v) is 3.40. The third kappa shape index (κ3) is 5.74. The first kappa shape index (κ1) is 23.5. The number of nitro groups is 1. The predicted octanol–water partition coefficient (Wildman–Crippen LogP) is 5.81. The quantitative estimate of drug-likeness (QED) is 0.231. The van der Waals surface area contributed by atoms with Crippen molar-refractivity contribution in [1.82, 2.24) is 0 Å². The lowest BCUT2D eigenvalue weighted by molar-refractivity contribution is -0.384. The molecule has 0 N–H and O–H groups in total. The molecule has 33 heavy (non-hydrogen) atoms. The molecule has 0 aliphatic heterocycles. The van der Waals surface area contributed by atoms with Crippen LogP contribution < -0.4 is 9.47 Å². The Labute approximate surface area is 189 Å². The molecule has 0 saturated heterocycles. The Bertz CT molecular complexity index is 1320. The molecular weight excluding hydrogens is 450 g/mol. The number of azo groups is 1. The Kier molecular flexibility index (Phi) is 7.08. The summed E-state index contributed by atoms with van der Waals surface area (Å²) < 4.78 is 39.0. The molecule has 12 heteroatoms. The smallest absolute Gasteiger partial charge is 0.299 e. The number of methoxy groups -OCH3 is 2. The van der Waals surface area contributed by atoms with Crippen LogP contribution in [0.1, 0.15) is 5.56 Å². The van der Waals surface area contributed by atoms with Gasteiger partial charge >= 0.3 is 0 Å². The first-order valence-electron chi connectivity index (χ1n) is 9.40. The minimum absolute atomic E-state index is 0.0105. The molecule has 0 heterocycles. The van der Waals surface area contributed by atoms with E-state index in [0.29, 0.717) is 5.69 Å². The van der Waals surface area contributed by atoms with Gasteiger partial charge in [-0.2, -0.15) is 13.5 Å². The van der Waals surface area contributed by atoms with Crippen LogP contribution in [0.5, 0.6) is 11.5 Å². The van der Waals surface area contributed by atoms with Gasteiger partial charge in [0.25, 0.3) is 15.7 Å². The fraction of sp³-hybridized carbons (Fsp3) is 0.143. The van der Waals surface area contributed by atoms with E-state index in [1.54, 1.807) is 12.1 Å². The number of hydrogen-bond acceptors (Lipinski definition) is 9. The number of nitro benzene ring substituents is 1. The van der Waals surface area contributed by atoms with E-state index in [-0.39, 0.29) is 33.5 Å². The summed E-state index contributed by atoms with van der Waals surface area (Å²) >= 11 is 0. The summed E-state index contributed by atoms with van der Waals surface area (Å²) in [5, 5.41) is 22.7. The average molecular weight is 469 g/mol. The van der Waals surface area contributed by atoms with Crippen molar-refractivity contribution in [3.8, 4) is 11.5 Å². The fourth-order valence-electron chi connectivity index (χ4n) is 2.63. The Balaban J connectivity index is 1.91. The van der Waals surface area contributed by atoms with Crippen LogP contribution in [0, 0.1) is 17.0 Å². The second-order valence-electron chi connectivity index (χ2n) is 6.64. The summed E-state index contributed by atoms with van der Waals surface area (Å²) in [6, 6.07) is 14.6. The highest BCUT2D eigenvalue weighted by molar-refractivity contribution is 7.90. The predicted molar refractivity (Wildman–Crippen MR) is 120 cm³/mol. The number of sulfonamides is 1. The Morgan fingerprint density at radius 1 is 0.818 bits per heavy atom. The van der Waals surface area contributed by atoms with Gasteiger partial charge in [0, 0.05) is 24.3 Å². The van der Waals surface area contributed by atoms with E-state index < -0.39 is 14.9 Å². The molecule has 0 atom stereocenters. The van der Waals surface area contributed by atoms with Gasteiger partial charge in [0.2, 0.25) is 0 Å². The van der Waals surface area contributed by atoms with Crippen LogP contribution in [0.4, 0.5) is 22.7 Å². The van der Waals surface area contributed by atoms with Crippen molar-refractivity contribution in [2.45, 2.75) is 11.8 Å². The van der Waals surface area contributed by atoms with E-state index in [1.807, 2.05) is 6.92 Å². The molecular formula is C21H19N5O6S. The lowest BCUT2D eigenvalue weighted by atomic mass is 10.2. The topological polar surface area (TPSA) is 145 Å². The summed E-state index contributed by atoms with van der Waals surface area (Å²) in [7, 11) is -1.23. The molecule has 0 saturated carbocycles. The Hall–Kier alpha value is -4.19. The molecule has 3 aromatic carbocycles. The third-order valence-electron chi connectivity index (χ3n) is 4.39. The first-order valence-corrected chi connectivity index (χ1v) is 10.8. The summed E-state index contributed by atoms with van der Waals surface area (Å²) in [6.45, 7) is 1.84. The van der Waals surface area contributed by atoms with Gasteiger partial charge in [-0.05, 0) is 31.2 Å². The number of aryl methyl sites for hydroxylation is 1. The second kappa shape index (κ2) is 9.96. The molecule has 0 aliphatic rings. The van der Waals surface area contributed by atoms with Crippen LogP contribution in [0.25, 0.3) is 0 Å². The minimum atomic E-state index is -4.01. The summed E-state index contributed by atoms with van der Waals surface area (Å²) in [6.07, 6.45) is 0. The molecule has 11 nitrogen and oxygen atoms in total. The first-order chi connectivity index (χ1) is 15.7. The third-order valence-corrected chi connectivity index (χ3v) is 5.55. The van der Waals surface area contributed by atoms with Gasteiger partial charge in [-0.15, -0.1) is 10.2 Å². The van der Waals surface area contributed by atoms with Crippen molar-refractivity contribution in [3.05, 3.63) is 76.3 Å². The number of rotatable bonds is 8. The van der Waals surface area contributed by atoms with E-state index >= 15 is 0 Å². The molecule has 0 bridgehead atoms. The molecule has 0 amide bonds. The maximum Gasteiger partial charge on any atom is 0.299 e. The van der Waals surface area contributed by atoms with Crippen molar-refractivity contribution in [3.63, 3.8) is 0 Å². The zero-order chi connectivity index (χ0) is 24.0. The van der Waals surface area contributed by atoms with Crippen molar-refractivity contribution in [1.29, 1.82) is 0 Å². The zero-order valence-electron chi connectivity index (χ0n) is 17.9. The normalized spacial score (nSPS) is 11.7. The zero-order valence-corrected chi connectivity index (χ0v) is 18.7. The van der Waals surface area contributed by atoms with Crippen LogP contribution in [0.2, 0.25) is 0 Å². The van der Waals surface area contributed by atoms with E-state index in [0.717, 1.165) is 5.56 Å². The van der Waals surface area contributed by atoms with Crippen molar-refractivity contribution < 1.29 is 22.8 Å². The highest BCUT2D eigenvalue weighted by atomic mass is 32.2. The molecule has 3 aromatic rings. The number of ether oxygens (including phenoxy) is 2. The minimum Gasteiger partial charge on any atom is -0.494 e. The maximum atomic E-state index is 12.5. The second-order valence-corrected chi connectivity index (χ2v) is 8.22. The monoisotopic (exact) mass is 469 g/mol. The standard InChI is InChI=1S/C21H19N5O6S/c1-14-4-10-17(11-5-14)33(29,30)25-24-19-13-20(31-2)18(12-21(19)32-3)23-22-15-6-8-16(9-7-15)26(27)28/h4-13H,1-3H3. The molecule has 0 aliphatic carbocycles. The lowest BCUT2D eigenvalue weighted by Crippen LogP contribution is -1.95. The van der Waals surface area contributed by atoms with Gasteiger partial charge in [-0.25, -0.2) is 0 Å². The molecule has 0 unspecified atom stereocenters. The Morgan fingerprint density at radius 2 is 1.36 bits per heavy atom. The van der Waals surface area contributed by atoms with E-state index in [9.17, 15) is 18.5 Å². The van der Waals surface area contributed by atoms with E-state index in [4.69, 9.17) is 9.47 Å². The van der Waals surface area contributed by atoms with Gasteiger partial charge < -0.3 is 9.47 Å². The average Bonchev–Trinajstić information content (AvgIpc) is 2.81. The van der Waals surface area contributed by atoms with Gasteiger partial charge in [0.05, 0.1) is 29.7 Å². The molecule has 170 valence electrons. The highest BCUT2D eigenvalue weighted by Crippen LogP contribution is 2.40. The number of hydrogen-bond donors (Lipinski definition) is 0. The van der Waals surface area contributed by atoms with E-state index in [1.165, 1.54) is 62.8 Å². The van der Waals surface area contributed by atoms with Gasteiger partial charge in [-0.3, -0.25) is 10.1 Å². The van der Waals surface area contributed by atoms with Crippen LogP contribution in [0.3, 0.4) is 0 Å². The summed E-state index contributed by atoms with van der Waals surface area (Å²) in [4.78, 5) is 10.3. The van der Waals surface area contributed by atoms with Crippen LogP contribution in [-0.4, -0.2) is 27.6 Å². The van der Waals surface area contributed by atoms with Crippen LogP contribution in [-0.2, 0) is 10.0 Å². The Morgan fingerprint density at radius 3 is 1.88 bits per heavy atom. The van der Waals surface area contributed by atoms with Crippen molar-refractivity contribution in [2.75, 3.05) is 14.2 Å². The molecule has 0 spiro atoms. The summed E-state index contributed by atoms with van der Waals surface area (Å²) in [5.41, 5.74) is 1.61. The largest absolute Gasteiger partial charge is 0.494 e. The molecule has 0 fully saturated rings. The molecule has 3 rings (SSSR count). The van der Waals surface area contributed by atoms with Gasteiger partial charge in [-0.1, -0.05) is 22.2 Å². The van der Waals surface area contributed by atoms with Crippen LogP contribution >= 0.6 is 0 Å². The number of benzene rings is 3. The van der Waals surface area contributed by atoms with Gasteiger partial charge in [0.15, 0.2) is 0 Å². The summed E-state index contributed by atoms with van der Waals surface area (Å²) in [5.74, 6) is 0.430. The van der Waals surface area contributed by atoms with E-state index in [2.05, 4.69) is 19.9 Å². The number of non-ortho nitro benzene ring substituents is 1. The van der Waals surface area contributed by atoms with Crippen molar-refractivity contribution in [2.24, 2.45) is 19.9 Å². The van der Waals surface area contributed by atoms with Crippen molar-refractivity contribution >= 4 is 32.8 Å². The molecule has 0 aromatic heterocycles. The molecule has 0 radical (unpaired) electrons.